The molecule has 0 amide bonds. The standard InChI is InChI=1S/C30H33F2N7O2.C25H29N5O2.C5H5BrF2N2/c1-6-41-29-24(8-7-13-33-29)25-14-26(28-27(35-25)20(4)36-39(28)19(2)3)37(16-21-9-11-23(40-5)12-10-21)17-22-15-34-38(18-22)30(31)32;1-6-32-25-20(8-7-13-26-25)21-14-22(27-15-18-9-11-19(31-5)12-10-18)24-23(28-21)17(4)29-30(24)16(2)3;6-1-4-2-9-10(3-4)5(7)8/h7-15,18-19,30H,6,16-17H2,1-5H3;7-14,16H,6,15H2,1-5H3,(H,27,28);2-3,5H,1H2. The van der Waals surface area contributed by atoms with Crippen molar-refractivity contribution in [3.05, 3.63) is 156 Å². The summed E-state index contributed by atoms with van der Waals surface area (Å²) in [5, 5.41) is 21.1. The molecular formula is C60H67BrF4N14O4. The lowest BCUT2D eigenvalue weighted by Gasteiger charge is -2.27. The van der Waals surface area contributed by atoms with Crippen LogP contribution in [0.2, 0.25) is 0 Å². The van der Waals surface area contributed by atoms with Crippen LogP contribution in [0.3, 0.4) is 0 Å². The summed E-state index contributed by atoms with van der Waals surface area (Å²) in [4.78, 5) is 21.0. The highest BCUT2D eigenvalue weighted by atomic mass is 79.9. The molecule has 0 unspecified atom stereocenters. The van der Waals surface area contributed by atoms with Crippen molar-refractivity contribution in [3.63, 3.8) is 0 Å². The van der Waals surface area contributed by atoms with Gasteiger partial charge in [-0.1, -0.05) is 40.2 Å². The lowest BCUT2D eigenvalue weighted by Crippen LogP contribution is -2.23. The van der Waals surface area contributed by atoms with E-state index in [2.05, 4.69) is 92.2 Å². The molecule has 10 rings (SSSR count). The number of methoxy groups -OCH3 is 2. The monoisotopic (exact) mass is 1200 g/mol. The van der Waals surface area contributed by atoms with E-state index in [1.165, 1.54) is 24.8 Å². The summed E-state index contributed by atoms with van der Waals surface area (Å²) >= 11 is 3.12. The van der Waals surface area contributed by atoms with Crippen LogP contribution in [0.15, 0.2) is 122 Å². The Kier molecular flexibility index (Phi) is 20.3. The molecule has 2 aromatic carbocycles. The number of benzene rings is 2. The first kappa shape index (κ1) is 60.5. The van der Waals surface area contributed by atoms with Gasteiger partial charge in [0.2, 0.25) is 11.8 Å². The van der Waals surface area contributed by atoms with Gasteiger partial charge in [0.25, 0.3) is 0 Å². The zero-order valence-corrected chi connectivity index (χ0v) is 49.5. The normalized spacial score (nSPS) is 11.3. The van der Waals surface area contributed by atoms with Crippen LogP contribution in [0.5, 0.6) is 23.3 Å². The van der Waals surface area contributed by atoms with Crippen molar-refractivity contribution in [2.24, 2.45) is 0 Å². The van der Waals surface area contributed by atoms with Gasteiger partial charge < -0.3 is 29.2 Å². The topological polar surface area (TPSA) is 175 Å². The molecule has 18 nitrogen and oxygen atoms in total. The quantitative estimate of drug-likeness (QED) is 0.0531. The average Bonchev–Trinajstić information content (AvgIpc) is 4.48. The Morgan fingerprint density at radius 3 is 1.54 bits per heavy atom. The number of aryl methyl sites for hydroxylation is 2. The number of nitrogens with one attached hydrogen (secondary N) is 1. The van der Waals surface area contributed by atoms with Crippen molar-refractivity contribution < 1.29 is 36.5 Å². The van der Waals surface area contributed by atoms with Crippen molar-refractivity contribution in [3.8, 4) is 45.8 Å². The van der Waals surface area contributed by atoms with Crippen LogP contribution in [0, 0.1) is 13.8 Å². The molecule has 0 bridgehead atoms. The highest BCUT2D eigenvalue weighted by Crippen LogP contribution is 2.39. The molecule has 0 aliphatic heterocycles. The van der Waals surface area contributed by atoms with Gasteiger partial charge in [-0.25, -0.2) is 29.3 Å². The van der Waals surface area contributed by atoms with Gasteiger partial charge in [0.15, 0.2) is 0 Å². The summed E-state index contributed by atoms with van der Waals surface area (Å²) in [6.45, 7) is 13.4. The number of nitrogens with zero attached hydrogens (tertiary/aromatic N) is 13. The Morgan fingerprint density at radius 2 is 1.07 bits per heavy atom. The Bertz CT molecular complexity index is 3720. The minimum Gasteiger partial charge on any atom is -0.497 e. The van der Waals surface area contributed by atoms with Crippen LogP contribution in [0.4, 0.5) is 28.9 Å². The summed E-state index contributed by atoms with van der Waals surface area (Å²) in [6.07, 6.45) is 8.99. The zero-order chi connectivity index (χ0) is 59.3. The molecule has 0 saturated carbocycles. The summed E-state index contributed by atoms with van der Waals surface area (Å²) in [7, 11) is 3.30. The number of alkyl halides is 5. The van der Waals surface area contributed by atoms with Crippen molar-refractivity contribution in [1.82, 2.24) is 59.1 Å². The third kappa shape index (κ3) is 14.5. The fourth-order valence-corrected chi connectivity index (χ4v) is 9.36. The molecule has 1 N–H and O–H groups in total. The number of hydrogen-bond acceptors (Lipinski definition) is 14. The van der Waals surface area contributed by atoms with Gasteiger partial charge in [-0.2, -0.15) is 38.0 Å². The lowest BCUT2D eigenvalue weighted by atomic mass is 10.1. The van der Waals surface area contributed by atoms with Crippen LogP contribution in [-0.4, -0.2) is 86.5 Å². The van der Waals surface area contributed by atoms with Gasteiger partial charge in [-0.15, -0.1) is 0 Å². The average molecular weight is 1200 g/mol. The lowest BCUT2D eigenvalue weighted by molar-refractivity contribution is 0.0561. The summed E-state index contributed by atoms with van der Waals surface area (Å²) in [6, 6.07) is 27.8. The van der Waals surface area contributed by atoms with E-state index in [1.807, 2.05) is 104 Å². The molecule has 23 heteroatoms. The maximum Gasteiger partial charge on any atom is 0.333 e. The molecule has 0 aliphatic rings. The second-order valence-corrected chi connectivity index (χ2v) is 20.1. The van der Waals surface area contributed by atoms with E-state index in [0.29, 0.717) is 70.6 Å². The molecule has 0 atom stereocenters. The summed E-state index contributed by atoms with van der Waals surface area (Å²) < 4.78 is 77.9. The van der Waals surface area contributed by atoms with E-state index in [9.17, 15) is 17.6 Å². The Balaban J connectivity index is 0.000000189. The molecule has 0 aliphatic carbocycles. The number of hydrogen-bond donors (Lipinski definition) is 1. The van der Waals surface area contributed by atoms with Crippen LogP contribution in [0.1, 0.15) is 100 Å². The molecule has 8 heterocycles. The van der Waals surface area contributed by atoms with Crippen LogP contribution in [-0.2, 0) is 25.0 Å². The number of rotatable bonds is 21. The van der Waals surface area contributed by atoms with Gasteiger partial charge in [-0.3, -0.25) is 9.36 Å². The van der Waals surface area contributed by atoms with E-state index >= 15 is 0 Å². The Labute approximate surface area is 487 Å². The SMILES string of the molecule is CCOc1ncccc1-c1cc(N(Cc2ccc(OC)cc2)Cc2cnn(C(F)F)c2)c2c(n1)c(C)nn2C(C)C.CCOc1ncccc1-c1cc(NCc2ccc(OC)cc2)c2c(n1)c(C)nn2C(C)C.FC(F)n1cc(CBr)cn1. The van der Waals surface area contributed by atoms with Gasteiger partial charge in [-0.05, 0) is 127 Å². The minimum absolute atomic E-state index is 0.0550. The molecule has 0 spiro atoms. The zero-order valence-electron chi connectivity index (χ0n) is 47.9. The third-order valence-corrected chi connectivity index (χ3v) is 13.7. The molecular weight excluding hydrogens is 1140 g/mol. The second-order valence-electron chi connectivity index (χ2n) is 19.6. The van der Waals surface area contributed by atoms with Crippen molar-refractivity contribution in [2.45, 2.75) is 106 Å². The molecule has 0 saturated heterocycles. The second kappa shape index (κ2) is 27.9. The first-order chi connectivity index (χ1) is 40.0. The number of aromatic nitrogens is 12. The molecule has 10 aromatic rings. The van der Waals surface area contributed by atoms with Gasteiger partial charge in [0.1, 0.15) is 33.6 Å². The molecule has 0 radical (unpaired) electrons. The molecule has 436 valence electrons. The summed E-state index contributed by atoms with van der Waals surface area (Å²) in [5.41, 5.74) is 13.7. The van der Waals surface area contributed by atoms with Gasteiger partial charge in [0, 0.05) is 73.0 Å². The van der Waals surface area contributed by atoms with Crippen molar-refractivity contribution in [1.29, 1.82) is 0 Å². The van der Waals surface area contributed by atoms with Crippen LogP contribution < -0.4 is 29.2 Å². The smallest absolute Gasteiger partial charge is 0.333 e. The molecule has 8 aromatic heterocycles. The van der Waals surface area contributed by atoms with Crippen molar-refractivity contribution >= 4 is 49.4 Å². The fourth-order valence-electron chi connectivity index (χ4n) is 9.08. The van der Waals surface area contributed by atoms with E-state index in [1.54, 1.807) is 26.6 Å². The minimum atomic E-state index is -2.72. The third-order valence-electron chi connectivity index (χ3n) is 13.0. The first-order valence-electron chi connectivity index (χ1n) is 26.9. The number of fused-ring (bicyclic) bond motifs is 2. The highest BCUT2D eigenvalue weighted by Gasteiger charge is 2.25. The number of pyridine rings is 4. The maximum atomic E-state index is 13.4. The van der Waals surface area contributed by atoms with E-state index in [-0.39, 0.29) is 12.1 Å². The predicted octanol–water partition coefficient (Wildman–Crippen LogP) is 14.2. The molecule has 83 heavy (non-hydrogen) atoms. The maximum absolute atomic E-state index is 13.4. The van der Waals surface area contributed by atoms with Crippen LogP contribution in [0.25, 0.3) is 44.6 Å². The van der Waals surface area contributed by atoms with E-state index in [0.717, 1.165) is 89.8 Å². The first-order valence-corrected chi connectivity index (χ1v) is 28.1. The Hall–Kier alpha value is -8.60. The Morgan fingerprint density at radius 1 is 0.602 bits per heavy atom. The summed E-state index contributed by atoms with van der Waals surface area (Å²) in [5.74, 6) is 2.66. The highest BCUT2D eigenvalue weighted by molar-refractivity contribution is 9.08. The van der Waals surface area contributed by atoms with E-state index in [4.69, 9.17) is 39.1 Å². The van der Waals surface area contributed by atoms with E-state index < -0.39 is 13.1 Å². The largest absolute Gasteiger partial charge is 0.497 e. The fraction of sp³-hybridized carbons (Fsp3) is 0.333. The van der Waals surface area contributed by atoms with Crippen LogP contribution >= 0.6 is 15.9 Å². The number of ether oxygens (including phenoxy) is 4. The predicted molar refractivity (Wildman–Crippen MR) is 317 cm³/mol. The molecule has 0 fully saturated rings. The number of anilines is 2. The van der Waals surface area contributed by atoms with Gasteiger partial charge in [0.05, 0.1) is 85.1 Å². The van der Waals surface area contributed by atoms with Gasteiger partial charge >= 0.3 is 13.1 Å². The van der Waals surface area contributed by atoms with Crippen molar-refractivity contribution in [2.75, 3.05) is 37.7 Å². The number of halogens is 5.